The SMILES string of the molecule is [2H]c1c([2H])c([2H])c(-c2cccc3c4c([2H])c([2H])c([2H])c([2H])c4n(-c4cccc(-c5cccc(-c6nc(-c7ccccc7)nc(-c7ccc8c(c7)oc7ccccc78)n6)c5)c4)c23)c([2H])c1[2H]. The molecule has 0 spiro atoms. The second-order valence-electron chi connectivity index (χ2n) is 13.4. The van der Waals surface area contributed by atoms with Crippen LogP contribution in [-0.4, -0.2) is 19.5 Å². The standard InChI is InChI=1S/C51H32N4O/c1-3-14-33(15-4-1)40-24-13-25-44-41-22-7-9-26-45(41)55(48(40)44)39-21-12-19-36(31-39)35-18-11-20-37(30-35)50-52-49(34-16-5-2-6-17-34)53-51(54-50)38-28-29-43-42-23-8-10-27-46(42)56-47(43)32-38/h1-32H/i1D,3D,4D,7D,9D,14D,15D,22D,26D. The first-order valence-corrected chi connectivity index (χ1v) is 18.0. The maximum atomic E-state index is 9.17. The lowest BCUT2D eigenvalue weighted by Gasteiger charge is -2.14. The average molecular weight is 726 g/mol. The first-order chi connectivity index (χ1) is 31.5. The molecule has 0 saturated heterocycles. The van der Waals surface area contributed by atoms with Crippen LogP contribution >= 0.6 is 0 Å². The van der Waals surface area contributed by atoms with Gasteiger partial charge in [-0.1, -0.05) is 151 Å². The molecule has 5 nitrogen and oxygen atoms in total. The van der Waals surface area contributed by atoms with Crippen molar-refractivity contribution in [3.63, 3.8) is 0 Å². The van der Waals surface area contributed by atoms with Crippen LogP contribution in [0.2, 0.25) is 0 Å². The predicted octanol–water partition coefficient (Wildman–Crippen LogP) is 13.2. The molecule has 0 aliphatic rings. The maximum Gasteiger partial charge on any atom is 0.164 e. The van der Waals surface area contributed by atoms with Crippen molar-refractivity contribution in [2.45, 2.75) is 0 Å². The van der Waals surface area contributed by atoms with Crippen LogP contribution in [0.5, 0.6) is 0 Å². The highest BCUT2D eigenvalue weighted by Crippen LogP contribution is 2.39. The van der Waals surface area contributed by atoms with Crippen LogP contribution in [0.4, 0.5) is 0 Å². The van der Waals surface area contributed by atoms with E-state index in [0.29, 0.717) is 45.2 Å². The first kappa shape index (κ1) is 23.9. The van der Waals surface area contributed by atoms with Crippen molar-refractivity contribution in [2.24, 2.45) is 0 Å². The van der Waals surface area contributed by atoms with Crippen molar-refractivity contribution < 1.29 is 16.8 Å². The molecule has 0 fully saturated rings. The van der Waals surface area contributed by atoms with E-state index in [0.717, 1.165) is 38.6 Å². The molecule has 0 aliphatic carbocycles. The zero-order chi connectivity index (χ0) is 44.8. The van der Waals surface area contributed by atoms with Gasteiger partial charge in [-0.15, -0.1) is 0 Å². The van der Waals surface area contributed by atoms with E-state index in [1.807, 2.05) is 121 Å². The molecule has 0 N–H and O–H groups in total. The molecule has 8 aromatic carbocycles. The maximum absolute atomic E-state index is 9.17. The average Bonchev–Trinajstić information content (AvgIpc) is 3.90. The Morgan fingerprint density at radius 2 is 1.04 bits per heavy atom. The van der Waals surface area contributed by atoms with Gasteiger partial charge in [-0.05, 0) is 59.1 Å². The lowest BCUT2D eigenvalue weighted by atomic mass is 10.0. The molecule has 0 saturated carbocycles. The fraction of sp³-hybridized carbons (Fsp3) is 0. The Hall–Kier alpha value is -7.63. The van der Waals surface area contributed by atoms with Crippen molar-refractivity contribution in [1.29, 1.82) is 0 Å². The number of furan rings is 1. The number of aromatic nitrogens is 4. The van der Waals surface area contributed by atoms with E-state index >= 15 is 0 Å². The van der Waals surface area contributed by atoms with Crippen LogP contribution in [-0.2, 0) is 0 Å². The fourth-order valence-electron chi connectivity index (χ4n) is 7.49. The largest absolute Gasteiger partial charge is 0.456 e. The molecule has 262 valence electrons. The number of hydrogen-bond acceptors (Lipinski definition) is 4. The Balaban J connectivity index is 1.09. The molecular formula is C51H32N4O. The van der Waals surface area contributed by atoms with Gasteiger partial charge in [0.15, 0.2) is 17.5 Å². The third-order valence-corrected chi connectivity index (χ3v) is 10.1. The second-order valence-corrected chi connectivity index (χ2v) is 13.4. The zero-order valence-electron chi connectivity index (χ0n) is 38.5. The molecule has 11 rings (SSSR count). The summed E-state index contributed by atoms with van der Waals surface area (Å²) in [5.41, 5.74) is 6.65. The molecule has 0 amide bonds. The van der Waals surface area contributed by atoms with Gasteiger partial charge in [-0.25, -0.2) is 15.0 Å². The predicted molar refractivity (Wildman–Crippen MR) is 229 cm³/mol. The van der Waals surface area contributed by atoms with E-state index in [4.69, 9.17) is 30.3 Å². The summed E-state index contributed by atoms with van der Waals surface area (Å²) < 4.78 is 86.4. The molecule has 3 heterocycles. The Morgan fingerprint density at radius 1 is 0.411 bits per heavy atom. The summed E-state index contributed by atoms with van der Waals surface area (Å²) in [6, 6.07) is 40.1. The van der Waals surface area contributed by atoms with Gasteiger partial charge in [0.05, 0.1) is 23.4 Å². The third-order valence-electron chi connectivity index (χ3n) is 10.1. The number of benzene rings is 8. The molecule has 5 heteroatoms. The molecule has 11 aromatic rings. The van der Waals surface area contributed by atoms with Crippen LogP contribution in [0.25, 0.3) is 106 Å². The summed E-state index contributed by atoms with van der Waals surface area (Å²) in [7, 11) is 0. The fourth-order valence-corrected chi connectivity index (χ4v) is 7.49. The van der Waals surface area contributed by atoms with Crippen LogP contribution in [0.1, 0.15) is 12.3 Å². The first-order valence-electron chi connectivity index (χ1n) is 22.5. The molecule has 0 bridgehead atoms. The number of hydrogen-bond donors (Lipinski definition) is 0. The highest BCUT2D eigenvalue weighted by atomic mass is 16.3. The van der Waals surface area contributed by atoms with Crippen LogP contribution in [0.3, 0.4) is 0 Å². The van der Waals surface area contributed by atoms with Gasteiger partial charge in [0.1, 0.15) is 11.2 Å². The summed E-state index contributed by atoms with van der Waals surface area (Å²) in [6.07, 6.45) is 0. The van der Waals surface area contributed by atoms with Gasteiger partial charge in [-0.2, -0.15) is 0 Å². The highest BCUT2D eigenvalue weighted by Gasteiger charge is 2.18. The quantitative estimate of drug-likeness (QED) is 0.171. The Bertz CT molecular complexity index is 3760. The normalized spacial score (nSPS) is 13.8. The summed E-state index contributed by atoms with van der Waals surface area (Å²) in [4.78, 5) is 14.9. The topological polar surface area (TPSA) is 56.7 Å². The lowest BCUT2D eigenvalue weighted by molar-refractivity contribution is 0.669. The van der Waals surface area contributed by atoms with Crippen LogP contribution in [0.15, 0.2) is 198 Å². The van der Waals surface area contributed by atoms with E-state index < -0.39 is 42.3 Å². The molecule has 0 unspecified atom stereocenters. The Kier molecular flexibility index (Phi) is 5.57. The molecule has 56 heavy (non-hydrogen) atoms. The summed E-state index contributed by atoms with van der Waals surface area (Å²) in [5, 5.41) is 2.69. The van der Waals surface area contributed by atoms with Crippen molar-refractivity contribution in [3.05, 3.63) is 194 Å². The number of fused-ring (bicyclic) bond motifs is 6. The summed E-state index contributed by atoms with van der Waals surface area (Å²) in [5.74, 6) is 1.40. The van der Waals surface area contributed by atoms with E-state index in [9.17, 15) is 1.37 Å². The van der Waals surface area contributed by atoms with Crippen molar-refractivity contribution in [3.8, 4) is 62.1 Å². The lowest BCUT2D eigenvalue weighted by Crippen LogP contribution is -2.00. The number of nitrogens with zero attached hydrogens (tertiary/aromatic N) is 4. The van der Waals surface area contributed by atoms with Gasteiger partial charge < -0.3 is 8.98 Å². The minimum Gasteiger partial charge on any atom is -0.456 e. The van der Waals surface area contributed by atoms with Crippen molar-refractivity contribution in [1.82, 2.24) is 19.5 Å². The molecule has 0 atom stereocenters. The molecule has 0 aliphatic heterocycles. The monoisotopic (exact) mass is 725 g/mol. The van der Waals surface area contributed by atoms with Gasteiger partial charge >= 0.3 is 0 Å². The van der Waals surface area contributed by atoms with E-state index in [1.165, 1.54) is 0 Å². The smallest absolute Gasteiger partial charge is 0.164 e. The molecule has 3 aromatic heterocycles. The Labute approximate surface area is 335 Å². The highest BCUT2D eigenvalue weighted by molar-refractivity contribution is 6.14. The van der Waals surface area contributed by atoms with Crippen LogP contribution < -0.4 is 0 Å². The van der Waals surface area contributed by atoms with E-state index in [-0.39, 0.29) is 34.1 Å². The third kappa shape index (κ3) is 5.37. The molecular weight excluding hydrogens is 685 g/mol. The van der Waals surface area contributed by atoms with Gasteiger partial charge in [0.2, 0.25) is 0 Å². The zero-order valence-corrected chi connectivity index (χ0v) is 29.5. The van der Waals surface area contributed by atoms with Crippen molar-refractivity contribution in [2.75, 3.05) is 0 Å². The van der Waals surface area contributed by atoms with Gasteiger partial charge in [0.25, 0.3) is 0 Å². The van der Waals surface area contributed by atoms with Crippen LogP contribution in [0, 0.1) is 0 Å². The van der Waals surface area contributed by atoms with Crippen molar-refractivity contribution >= 4 is 43.7 Å². The van der Waals surface area contributed by atoms with Gasteiger partial charge in [-0.3, -0.25) is 0 Å². The number of rotatable bonds is 6. The minimum absolute atomic E-state index is 0.0473. The molecule has 0 radical (unpaired) electrons. The second kappa shape index (κ2) is 13.0. The Morgan fingerprint density at radius 3 is 1.89 bits per heavy atom. The minimum atomic E-state index is -0.528. The number of para-hydroxylation sites is 3. The van der Waals surface area contributed by atoms with Gasteiger partial charge in [0, 0.05) is 49.5 Å². The summed E-state index contributed by atoms with van der Waals surface area (Å²) >= 11 is 0. The summed E-state index contributed by atoms with van der Waals surface area (Å²) in [6.45, 7) is 0. The van der Waals surface area contributed by atoms with E-state index in [2.05, 4.69) is 0 Å². The van der Waals surface area contributed by atoms with E-state index in [1.54, 1.807) is 22.8 Å².